The third-order valence-electron chi connectivity index (χ3n) is 1.46. The zero-order chi connectivity index (χ0) is 11.5. The van der Waals surface area contributed by atoms with Crippen LogP contribution in [-0.2, 0) is 4.79 Å². The normalized spacial score (nSPS) is 12.6. The van der Waals surface area contributed by atoms with Gasteiger partial charge in [-0.25, -0.2) is 0 Å². The number of carbonyl (C=O) groups is 1. The van der Waals surface area contributed by atoms with E-state index in [2.05, 4.69) is 12.2 Å². The number of amides is 1. The molecule has 0 heterocycles. The molecule has 6 heteroatoms. The van der Waals surface area contributed by atoms with E-state index in [1.54, 1.807) is 0 Å². The van der Waals surface area contributed by atoms with E-state index in [1.165, 1.54) is 6.92 Å². The minimum atomic E-state index is -4.57. The van der Waals surface area contributed by atoms with Gasteiger partial charge in [0.05, 0.1) is 0 Å². The van der Waals surface area contributed by atoms with Gasteiger partial charge in [0.25, 0.3) is 0 Å². The number of thiocarbonyl (C=S) groups is 1. The van der Waals surface area contributed by atoms with E-state index in [-0.39, 0.29) is 4.86 Å². The molecule has 0 fully saturated rings. The van der Waals surface area contributed by atoms with Gasteiger partial charge in [0, 0.05) is 18.8 Å². The molecule has 0 saturated heterocycles. The van der Waals surface area contributed by atoms with E-state index in [0.717, 1.165) is 20.0 Å². The molecule has 0 aromatic rings. The van der Waals surface area contributed by atoms with Gasteiger partial charge in [-0.05, 0) is 13.0 Å². The first-order valence-electron chi connectivity index (χ1n) is 3.70. The quantitative estimate of drug-likeness (QED) is 0.531. The van der Waals surface area contributed by atoms with Crippen molar-refractivity contribution < 1.29 is 18.0 Å². The van der Waals surface area contributed by atoms with Crippen LogP contribution in [-0.4, -0.2) is 28.9 Å². The first-order chi connectivity index (χ1) is 6.16. The van der Waals surface area contributed by atoms with E-state index in [1.807, 2.05) is 0 Å². The second kappa shape index (κ2) is 4.54. The highest BCUT2D eigenvalue weighted by Crippen LogP contribution is 2.27. The smallest absolute Gasteiger partial charge is 0.311 e. The van der Waals surface area contributed by atoms with Crippen molar-refractivity contribution in [2.24, 2.45) is 0 Å². The highest BCUT2D eigenvalue weighted by atomic mass is 32.1. The lowest BCUT2D eigenvalue weighted by atomic mass is 10.3. The molecule has 0 spiro atoms. The fraction of sp³-hybridized carbons (Fsp3) is 0.500. The Morgan fingerprint density at radius 3 is 2.00 bits per heavy atom. The van der Waals surface area contributed by atoms with Crippen LogP contribution >= 0.6 is 12.2 Å². The molecular weight excluding hydrogens is 215 g/mol. The predicted molar refractivity (Wildman–Crippen MR) is 50.9 cm³/mol. The molecule has 0 rings (SSSR count). The zero-order valence-corrected chi connectivity index (χ0v) is 8.79. The molecule has 0 aliphatic rings. The van der Waals surface area contributed by atoms with Crippen molar-refractivity contribution in [3.8, 4) is 0 Å². The van der Waals surface area contributed by atoms with Crippen molar-refractivity contribution in [3.63, 3.8) is 0 Å². The van der Waals surface area contributed by atoms with Gasteiger partial charge in [-0.3, -0.25) is 4.79 Å². The largest absolute Gasteiger partial charge is 0.431 e. The first kappa shape index (κ1) is 13.1. The highest BCUT2D eigenvalue weighted by Gasteiger charge is 2.37. The molecule has 0 N–H and O–H groups in total. The Morgan fingerprint density at radius 2 is 1.79 bits per heavy atom. The lowest BCUT2D eigenvalue weighted by Gasteiger charge is -2.21. The van der Waals surface area contributed by atoms with Crippen molar-refractivity contribution in [2.75, 3.05) is 7.05 Å². The second-order valence-corrected chi connectivity index (χ2v) is 3.36. The first-order valence-corrected chi connectivity index (χ1v) is 4.11. The molecule has 80 valence electrons. The average Bonchev–Trinajstić information content (AvgIpc) is 1.96. The summed E-state index contributed by atoms with van der Waals surface area (Å²) in [4.78, 5) is 11.4. The third-order valence-corrected chi connectivity index (χ3v) is 1.58. The minimum Gasteiger partial charge on any atom is -0.311 e. The summed E-state index contributed by atoms with van der Waals surface area (Å²) in [6, 6.07) is 0. The number of hydrogen-bond donors (Lipinski definition) is 0. The predicted octanol–water partition coefficient (Wildman–Crippen LogP) is 2.30. The van der Waals surface area contributed by atoms with Crippen LogP contribution in [0.1, 0.15) is 13.8 Å². The van der Waals surface area contributed by atoms with Crippen LogP contribution < -0.4 is 0 Å². The van der Waals surface area contributed by atoms with Crippen molar-refractivity contribution in [2.45, 2.75) is 20.0 Å². The summed E-state index contributed by atoms with van der Waals surface area (Å²) in [6.45, 7) is 2.41. The summed E-state index contributed by atoms with van der Waals surface area (Å²) in [7, 11) is 1.06. The molecule has 0 atom stereocenters. The van der Waals surface area contributed by atoms with Crippen LogP contribution in [0.2, 0.25) is 0 Å². The fourth-order valence-electron chi connectivity index (χ4n) is 0.731. The van der Waals surface area contributed by atoms with Gasteiger partial charge in [-0.15, -0.1) is 0 Å². The number of alkyl halides is 3. The van der Waals surface area contributed by atoms with Gasteiger partial charge >= 0.3 is 6.18 Å². The Morgan fingerprint density at radius 1 is 1.36 bits per heavy atom. The number of nitrogens with zero attached hydrogens (tertiary/aromatic N) is 1. The Kier molecular flexibility index (Phi) is 4.25. The van der Waals surface area contributed by atoms with E-state index in [9.17, 15) is 18.0 Å². The van der Waals surface area contributed by atoms with Crippen LogP contribution in [0.3, 0.4) is 0 Å². The van der Waals surface area contributed by atoms with Crippen LogP contribution in [0.4, 0.5) is 13.2 Å². The Bertz CT molecular complexity index is 283. The maximum atomic E-state index is 12.4. The molecule has 0 radical (unpaired) electrons. The number of carbonyl (C=O) groups excluding carboxylic acids is 1. The van der Waals surface area contributed by atoms with Crippen molar-refractivity contribution in [1.82, 2.24) is 4.90 Å². The Labute approximate surface area is 85.4 Å². The lowest BCUT2D eigenvalue weighted by Crippen LogP contribution is -2.32. The molecule has 0 aliphatic heterocycles. The third kappa shape index (κ3) is 3.87. The van der Waals surface area contributed by atoms with Gasteiger partial charge in [-0.1, -0.05) is 12.2 Å². The number of rotatable bonds is 2. The van der Waals surface area contributed by atoms with Crippen LogP contribution in [0.5, 0.6) is 0 Å². The van der Waals surface area contributed by atoms with Crippen molar-refractivity contribution in [1.29, 1.82) is 0 Å². The van der Waals surface area contributed by atoms with E-state index >= 15 is 0 Å². The molecule has 0 aliphatic carbocycles. The van der Waals surface area contributed by atoms with E-state index < -0.39 is 17.8 Å². The van der Waals surface area contributed by atoms with Crippen LogP contribution in [0.15, 0.2) is 11.8 Å². The maximum absolute atomic E-state index is 12.4. The molecule has 0 aromatic heterocycles. The highest BCUT2D eigenvalue weighted by molar-refractivity contribution is 7.80. The van der Waals surface area contributed by atoms with Gasteiger partial charge in [0.2, 0.25) is 5.91 Å². The average molecular weight is 225 g/mol. The monoisotopic (exact) mass is 225 g/mol. The summed E-state index contributed by atoms with van der Waals surface area (Å²) in [5.41, 5.74) is -1.04. The maximum Gasteiger partial charge on any atom is 0.431 e. The SMILES string of the molecule is CC(=O)N(C)/C(=C\C(C)=S)C(F)(F)F. The molecule has 0 saturated carbocycles. The standard InChI is InChI=1S/C8H10F3NOS/c1-5(14)4-7(8(9,10)11)12(3)6(2)13/h4H,1-3H3/b7-4-. The van der Waals surface area contributed by atoms with Gasteiger partial charge in [0.1, 0.15) is 5.70 Å². The number of allylic oxidation sites excluding steroid dienone is 2. The molecule has 14 heavy (non-hydrogen) atoms. The minimum absolute atomic E-state index is 0.0745. The summed E-state index contributed by atoms with van der Waals surface area (Å²) < 4.78 is 37.1. The van der Waals surface area contributed by atoms with E-state index in [0.29, 0.717) is 4.90 Å². The van der Waals surface area contributed by atoms with Crippen molar-refractivity contribution >= 4 is 23.0 Å². The zero-order valence-electron chi connectivity index (χ0n) is 7.97. The molecule has 0 unspecified atom stereocenters. The Balaban J connectivity index is 5.13. The Hall–Kier alpha value is -0.910. The lowest BCUT2D eigenvalue weighted by molar-refractivity contribution is -0.138. The molecule has 2 nitrogen and oxygen atoms in total. The molecule has 1 amide bonds. The number of halogens is 3. The summed E-state index contributed by atoms with van der Waals surface area (Å²) in [5.74, 6) is -0.690. The molecule has 0 aromatic carbocycles. The summed E-state index contributed by atoms with van der Waals surface area (Å²) >= 11 is 4.53. The number of hydrogen-bond acceptors (Lipinski definition) is 2. The molecular formula is C8H10F3NOS. The van der Waals surface area contributed by atoms with Gasteiger partial charge in [0.15, 0.2) is 0 Å². The van der Waals surface area contributed by atoms with Gasteiger partial charge in [-0.2, -0.15) is 13.2 Å². The summed E-state index contributed by atoms with van der Waals surface area (Å²) in [6.07, 6.45) is -3.81. The summed E-state index contributed by atoms with van der Waals surface area (Å²) in [5, 5.41) is 0. The van der Waals surface area contributed by atoms with Crippen LogP contribution in [0.25, 0.3) is 0 Å². The molecule has 0 bridgehead atoms. The van der Waals surface area contributed by atoms with Crippen molar-refractivity contribution in [3.05, 3.63) is 11.8 Å². The second-order valence-electron chi connectivity index (χ2n) is 2.72. The topological polar surface area (TPSA) is 20.3 Å². The van der Waals surface area contributed by atoms with Gasteiger partial charge < -0.3 is 4.90 Å². The fourth-order valence-corrected chi connectivity index (χ4v) is 0.843. The van der Waals surface area contributed by atoms with Crippen LogP contribution in [0, 0.1) is 0 Å². The van der Waals surface area contributed by atoms with E-state index in [4.69, 9.17) is 0 Å².